The van der Waals surface area contributed by atoms with Crippen LogP contribution in [0.2, 0.25) is 0 Å². The molecule has 0 unspecified atom stereocenters. The number of para-hydroxylation sites is 1. The lowest BCUT2D eigenvalue weighted by Gasteiger charge is -2.08. The van der Waals surface area contributed by atoms with Gasteiger partial charge in [0.2, 0.25) is 5.71 Å². The van der Waals surface area contributed by atoms with Crippen molar-refractivity contribution in [3.63, 3.8) is 0 Å². The van der Waals surface area contributed by atoms with E-state index >= 15 is 0 Å². The summed E-state index contributed by atoms with van der Waals surface area (Å²) in [5, 5.41) is 11.8. The van der Waals surface area contributed by atoms with Crippen molar-refractivity contribution in [2.75, 3.05) is 33.9 Å². The Labute approximate surface area is 225 Å². The summed E-state index contributed by atoms with van der Waals surface area (Å²) >= 11 is 0. The van der Waals surface area contributed by atoms with E-state index in [1.165, 1.54) is 40.9 Å². The lowest BCUT2D eigenvalue weighted by molar-refractivity contribution is -0.118. The molecule has 3 rings (SSSR count). The predicted octanol–water partition coefficient (Wildman–Crippen LogP) is 2.79. The van der Waals surface area contributed by atoms with Gasteiger partial charge in [-0.3, -0.25) is 15.0 Å². The quantitative estimate of drug-likeness (QED) is 0.185. The van der Waals surface area contributed by atoms with Crippen LogP contribution in [0.15, 0.2) is 82.0 Å². The van der Waals surface area contributed by atoms with Crippen LogP contribution in [-0.2, 0) is 9.59 Å². The van der Waals surface area contributed by atoms with E-state index in [4.69, 9.17) is 18.9 Å². The maximum atomic E-state index is 12.8. The Balaban J connectivity index is 1.74. The molecule has 0 aliphatic heterocycles. The van der Waals surface area contributed by atoms with Gasteiger partial charge in [-0.2, -0.15) is 15.3 Å². The number of rotatable bonds is 12. The first-order chi connectivity index (χ1) is 19.0. The molecular formula is C27H28N6O6. The number of anilines is 1. The van der Waals surface area contributed by atoms with Gasteiger partial charge in [0, 0.05) is 0 Å². The number of carbonyl (C=O) groups is 2. The Kier molecular flexibility index (Phi) is 10.4. The number of ether oxygens (including phenoxy) is 4. The minimum atomic E-state index is -0.867. The van der Waals surface area contributed by atoms with E-state index < -0.39 is 17.5 Å². The van der Waals surface area contributed by atoms with Crippen molar-refractivity contribution >= 4 is 35.6 Å². The molecule has 0 heterocycles. The van der Waals surface area contributed by atoms with Crippen LogP contribution >= 0.6 is 0 Å². The number of benzene rings is 3. The number of nitrogens with one attached hydrogen (secondary N) is 3. The molecule has 0 saturated carbocycles. The zero-order valence-electron chi connectivity index (χ0n) is 21.8. The molecule has 12 nitrogen and oxygen atoms in total. The molecule has 0 spiro atoms. The molecule has 0 atom stereocenters. The van der Waals surface area contributed by atoms with Crippen LogP contribution < -0.4 is 35.2 Å². The summed E-state index contributed by atoms with van der Waals surface area (Å²) < 4.78 is 20.9. The van der Waals surface area contributed by atoms with Gasteiger partial charge in [-0.1, -0.05) is 18.2 Å². The first-order valence-electron chi connectivity index (χ1n) is 11.5. The van der Waals surface area contributed by atoms with Crippen molar-refractivity contribution in [3.8, 4) is 23.0 Å². The topological polar surface area (TPSA) is 144 Å². The van der Waals surface area contributed by atoms with Gasteiger partial charge in [-0.15, -0.1) is 0 Å². The number of hydrogen-bond donors (Lipinski definition) is 3. The van der Waals surface area contributed by atoms with Gasteiger partial charge >= 0.3 is 0 Å². The van der Waals surface area contributed by atoms with Crippen molar-refractivity contribution in [3.05, 3.63) is 77.9 Å². The van der Waals surface area contributed by atoms with Crippen LogP contribution in [0.25, 0.3) is 0 Å². The summed E-state index contributed by atoms with van der Waals surface area (Å²) in [5.74, 6) is 0.348. The van der Waals surface area contributed by atoms with E-state index in [-0.39, 0.29) is 0 Å². The Morgan fingerprint density at radius 3 is 1.54 bits per heavy atom. The molecule has 0 aliphatic carbocycles. The van der Waals surface area contributed by atoms with Crippen LogP contribution in [0.4, 0.5) is 5.69 Å². The van der Waals surface area contributed by atoms with E-state index in [2.05, 4.69) is 31.6 Å². The van der Waals surface area contributed by atoms with E-state index in [1.54, 1.807) is 60.7 Å². The number of hydrazone groups is 3. The van der Waals surface area contributed by atoms with E-state index in [0.29, 0.717) is 39.8 Å². The maximum Gasteiger partial charge on any atom is 0.297 e. The summed E-state index contributed by atoms with van der Waals surface area (Å²) in [6.45, 7) is 0. The van der Waals surface area contributed by atoms with Crippen LogP contribution in [0.1, 0.15) is 11.1 Å². The van der Waals surface area contributed by atoms with Gasteiger partial charge in [0.15, 0.2) is 23.0 Å². The van der Waals surface area contributed by atoms with Crippen LogP contribution in [0, 0.1) is 0 Å². The Morgan fingerprint density at radius 1 is 0.641 bits per heavy atom. The third kappa shape index (κ3) is 8.05. The van der Waals surface area contributed by atoms with Crippen molar-refractivity contribution in [2.45, 2.75) is 0 Å². The molecule has 202 valence electrons. The fourth-order valence-electron chi connectivity index (χ4n) is 3.14. The number of methoxy groups -OCH3 is 4. The molecule has 0 saturated heterocycles. The molecule has 0 fully saturated rings. The average molecular weight is 533 g/mol. The van der Waals surface area contributed by atoms with Crippen LogP contribution in [-0.4, -0.2) is 58.4 Å². The van der Waals surface area contributed by atoms with E-state index in [1.807, 2.05) is 6.07 Å². The zero-order valence-corrected chi connectivity index (χ0v) is 21.8. The smallest absolute Gasteiger partial charge is 0.297 e. The van der Waals surface area contributed by atoms with E-state index in [0.717, 1.165) is 0 Å². The summed E-state index contributed by atoms with van der Waals surface area (Å²) in [6, 6.07) is 19.0. The van der Waals surface area contributed by atoms with Gasteiger partial charge in [-0.05, 0) is 59.7 Å². The van der Waals surface area contributed by atoms with Gasteiger partial charge in [0.25, 0.3) is 11.8 Å². The van der Waals surface area contributed by atoms with Crippen molar-refractivity contribution in [1.29, 1.82) is 0 Å². The van der Waals surface area contributed by atoms with Crippen molar-refractivity contribution < 1.29 is 28.5 Å². The monoisotopic (exact) mass is 532 g/mol. The third-order valence-corrected chi connectivity index (χ3v) is 5.08. The van der Waals surface area contributed by atoms with Gasteiger partial charge in [0.1, 0.15) is 0 Å². The molecule has 0 radical (unpaired) electrons. The molecule has 2 amide bonds. The second kappa shape index (κ2) is 14.4. The first-order valence-corrected chi connectivity index (χ1v) is 11.5. The minimum absolute atomic E-state index is 0.494. The fraction of sp³-hybridized carbons (Fsp3) is 0.148. The number of nitrogens with zero attached hydrogens (tertiary/aromatic N) is 3. The molecular weight excluding hydrogens is 504 g/mol. The van der Waals surface area contributed by atoms with Crippen molar-refractivity contribution in [2.24, 2.45) is 15.3 Å². The largest absolute Gasteiger partial charge is 0.493 e. The summed E-state index contributed by atoms with van der Waals surface area (Å²) in [4.78, 5) is 25.6. The Morgan fingerprint density at radius 2 is 1.10 bits per heavy atom. The lowest BCUT2D eigenvalue weighted by Crippen LogP contribution is -2.39. The highest BCUT2D eigenvalue weighted by atomic mass is 16.5. The maximum absolute atomic E-state index is 12.8. The molecule has 0 bridgehead atoms. The highest BCUT2D eigenvalue weighted by Gasteiger charge is 2.20. The molecule has 3 aromatic rings. The molecule has 3 aromatic carbocycles. The van der Waals surface area contributed by atoms with E-state index in [9.17, 15) is 9.59 Å². The third-order valence-electron chi connectivity index (χ3n) is 5.08. The zero-order chi connectivity index (χ0) is 28.0. The Hall–Kier alpha value is -5.39. The summed E-state index contributed by atoms with van der Waals surface area (Å²) in [5.41, 5.74) is 8.58. The summed E-state index contributed by atoms with van der Waals surface area (Å²) in [7, 11) is 6.07. The van der Waals surface area contributed by atoms with Crippen LogP contribution in [0.5, 0.6) is 23.0 Å². The second-order valence-corrected chi connectivity index (χ2v) is 7.57. The van der Waals surface area contributed by atoms with Gasteiger partial charge in [-0.25, -0.2) is 10.9 Å². The average Bonchev–Trinajstić information content (AvgIpc) is 2.97. The fourth-order valence-corrected chi connectivity index (χ4v) is 3.14. The normalized spacial score (nSPS) is 10.6. The predicted molar refractivity (Wildman–Crippen MR) is 148 cm³/mol. The lowest BCUT2D eigenvalue weighted by atomic mass is 10.2. The van der Waals surface area contributed by atoms with Gasteiger partial charge in [0.05, 0.1) is 46.6 Å². The standard InChI is InChI=1S/C27H28N6O6/c1-36-21-12-10-18(14-23(21)38-3)16-28-32-26(34)25(31-30-20-8-6-5-7-9-20)27(35)33-29-17-19-11-13-22(37-2)24(15-19)39-4/h5-17,30H,1-4H3,(H,32,34)(H,33,35)/b28-16+,29-17+. The highest BCUT2D eigenvalue weighted by Crippen LogP contribution is 2.27. The highest BCUT2D eigenvalue weighted by molar-refractivity contribution is 6.65. The Bertz CT molecular complexity index is 1290. The van der Waals surface area contributed by atoms with Crippen LogP contribution in [0.3, 0.4) is 0 Å². The first kappa shape index (κ1) is 28.2. The number of carbonyl (C=O) groups excluding carboxylic acids is 2. The number of amides is 2. The van der Waals surface area contributed by atoms with Gasteiger partial charge < -0.3 is 18.9 Å². The molecule has 39 heavy (non-hydrogen) atoms. The molecule has 0 aliphatic rings. The molecule has 0 aromatic heterocycles. The minimum Gasteiger partial charge on any atom is -0.493 e. The molecule has 12 heteroatoms. The molecule has 3 N–H and O–H groups in total. The van der Waals surface area contributed by atoms with Crippen molar-refractivity contribution in [1.82, 2.24) is 10.9 Å². The number of hydrogen-bond acceptors (Lipinski definition) is 10. The SMILES string of the molecule is COc1ccc(/C=N/NC(=O)C(=NNc2ccccc2)C(=O)N/N=C/c2ccc(OC)c(OC)c2)cc1OC. The summed E-state index contributed by atoms with van der Waals surface area (Å²) in [6.07, 6.45) is 2.77. The second-order valence-electron chi connectivity index (χ2n) is 7.57.